The number of benzene rings is 1. The zero-order valence-electron chi connectivity index (χ0n) is 17.8. The molecule has 3 N–H and O–H groups in total. The van der Waals surface area contributed by atoms with Gasteiger partial charge in [0.2, 0.25) is 5.95 Å². The smallest absolute Gasteiger partial charge is 0.253 e. The van der Waals surface area contributed by atoms with E-state index in [9.17, 15) is 9.90 Å². The second-order valence-corrected chi connectivity index (χ2v) is 10.2. The van der Waals surface area contributed by atoms with Crippen LogP contribution in [0.4, 0.5) is 11.1 Å². The predicted molar refractivity (Wildman–Crippen MR) is 129 cm³/mol. The fraction of sp³-hybridized carbons (Fsp3) is 0.455. The molecule has 5 rings (SSSR count). The van der Waals surface area contributed by atoms with E-state index in [1.54, 1.807) is 28.0 Å². The van der Waals surface area contributed by atoms with Crippen molar-refractivity contribution in [1.82, 2.24) is 19.9 Å². The van der Waals surface area contributed by atoms with E-state index in [-0.39, 0.29) is 5.91 Å². The first-order valence-electron chi connectivity index (χ1n) is 10.8. The van der Waals surface area contributed by atoms with Gasteiger partial charge in [0.1, 0.15) is 0 Å². The normalized spacial score (nSPS) is 23.1. The number of nitrogens with one attached hydrogen (secondary N) is 2. The lowest BCUT2D eigenvalue weighted by atomic mass is 10.2. The molecule has 1 aliphatic heterocycles. The monoisotopic (exact) mass is 470 g/mol. The number of thioether (sulfide) groups is 1. The fourth-order valence-corrected chi connectivity index (χ4v) is 5.62. The largest absolute Gasteiger partial charge is 0.391 e. The highest BCUT2D eigenvalue weighted by atomic mass is 32.2. The van der Waals surface area contributed by atoms with Gasteiger partial charge in [0.25, 0.3) is 5.91 Å². The lowest BCUT2D eigenvalue weighted by Crippen LogP contribution is -2.29. The van der Waals surface area contributed by atoms with Crippen LogP contribution in [0.15, 0.2) is 35.5 Å². The van der Waals surface area contributed by atoms with E-state index in [1.165, 1.54) is 0 Å². The van der Waals surface area contributed by atoms with Crippen LogP contribution in [0, 0.1) is 0 Å². The molecule has 3 heterocycles. The molecule has 8 nitrogen and oxygen atoms in total. The molecule has 168 valence electrons. The van der Waals surface area contributed by atoms with Gasteiger partial charge in [-0.3, -0.25) is 4.79 Å². The van der Waals surface area contributed by atoms with Crippen LogP contribution < -0.4 is 10.6 Å². The number of hydrogen-bond donors (Lipinski definition) is 3. The lowest BCUT2D eigenvalue weighted by Gasteiger charge is -2.15. The zero-order valence-corrected chi connectivity index (χ0v) is 19.5. The molecule has 0 bridgehead atoms. The third-order valence-electron chi connectivity index (χ3n) is 6.04. The van der Waals surface area contributed by atoms with Gasteiger partial charge in [-0.05, 0) is 50.1 Å². The maximum atomic E-state index is 12.7. The minimum atomic E-state index is -0.409. The second kappa shape index (κ2) is 9.21. The Morgan fingerprint density at radius 1 is 1.19 bits per heavy atom. The van der Waals surface area contributed by atoms with Gasteiger partial charge in [0.15, 0.2) is 5.13 Å². The third-order valence-corrected chi connectivity index (χ3v) is 7.67. The van der Waals surface area contributed by atoms with Crippen LogP contribution in [0.2, 0.25) is 0 Å². The number of aliphatic hydroxyl groups is 1. The minimum absolute atomic E-state index is 0.0242. The van der Waals surface area contributed by atoms with E-state index in [2.05, 4.69) is 20.6 Å². The molecule has 1 amide bonds. The molecule has 1 saturated carbocycles. The highest BCUT2D eigenvalue weighted by Gasteiger charge is 2.27. The Labute approximate surface area is 194 Å². The molecular weight excluding hydrogens is 444 g/mol. The number of carbonyl (C=O) groups is 1. The first-order valence-corrected chi connectivity index (χ1v) is 12.9. The minimum Gasteiger partial charge on any atom is -0.391 e. The van der Waals surface area contributed by atoms with Gasteiger partial charge in [-0.2, -0.15) is 0 Å². The van der Waals surface area contributed by atoms with Gasteiger partial charge in [0, 0.05) is 48.0 Å². The molecule has 10 heteroatoms. The summed E-state index contributed by atoms with van der Waals surface area (Å²) in [7, 11) is 0. The van der Waals surface area contributed by atoms with Crippen molar-refractivity contribution in [3.05, 3.63) is 36.2 Å². The number of likely N-dealkylation sites (tertiary alicyclic amines) is 1. The maximum absolute atomic E-state index is 12.7. The lowest BCUT2D eigenvalue weighted by molar-refractivity contribution is 0.0765. The number of carbonyl (C=O) groups excluding carboxylic acids is 1. The second-order valence-electron chi connectivity index (χ2n) is 8.34. The topological polar surface area (TPSA) is 103 Å². The summed E-state index contributed by atoms with van der Waals surface area (Å²) in [5, 5.41) is 17.6. The number of β-amino-alcohol motifs (C(OH)–C–C–N with tert-alkyl or cyclic N) is 1. The highest BCUT2D eigenvalue weighted by Crippen LogP contribution is 2.31. The number of rotatable bonds is 6. The summed E-state index contributed by atoms with van der Waals surface area (Å²) < 4.78 is 0.994. The van der Waals surface area contributed by atoms with Gasteiger partial charge in [-0.1, -0.05) is 11.3 Å². The van der Waals surface area contributed by atoms with E-state index < -0.39 is 6.10 Å². The standard InChI is InChI=1S/C22H26N6O2S2/c1-31-17-10-23-21(24-11-17)25-14-3-4-15(9-14)26-22-27-18-5-2-13(8-19(18)32-22)20(30)28-7-6-16(29)12-28/h2,5,8,10-11,14-16,29H,3-4,6-7,9,12H2,1H3,(H,26,27)(H,23,24,25)/t14-,15-,16-/m0/s1. The van der Waals surface area contributed by atoms with Gasteiger partial charge in [-0.25, -0.2) is 15.0 Å². The number of fused-ring (bicyclic) bond motifs is 1. The number of anilines is 2. The quantitative estimate of drug-likeness (QED) is 0.471. The first-order chi connectivity index (χ1) is 15.6. The number of hydrogen-bond acceptors (Lipinski definition) is 9. The Kier molecular flexibility index (Phi) is 6.16. The SMILES string of the molecule is CSc1cnc(N[C@H]2CC[C@H](Nc3nc4ccc(C(=O)N5CC[C@H](O)C5)cc4s3)C2)nc1. The average Bonchev–Trinajstić information content (AvgIpc) is 3.53. The molecule has 0 spiro atoms. The van der Waals surface area contributed by atoms with Crippen molar-refractivity contribution < 1.29 is 9.90 Å². The molecule has 0 unspecified atom stereocenters. The number of nitrogens with zero attached hydrogens (tertiary/aromatic N) is 4. The van der Waals surface area contributed by atoms with Crippen molar-refractivity contribution in [2.45, 2.75) is 48.8 Å². The third kappa shape index (κ3) is 4.67. The van der Waals surface area contributed by atoms with Crippen molar-refractivity contribution in [3.8, 4) is 0 Å². The molecular formula is C22H26N6O2S2. The number of amides is 1. The van der Waals surface area contributed by atoms with Gasteiger partial charge in [-0.15, -0.1) is 11.8 Å². The fourth-order valence-electron chi connectivity index (χ4n) is 4.33. The molecule has 32 heavy (non-hydrogen) atoms. The Bertz CT molecular complexity index is 1110. The van der Waals surface area contributed by atoms with Crippen LogP contribution in [0.25, 0.3) is 10.2 Å². The Morgan fingerprint density at radius 3 is 2.69 bits per heavy atom. The van der Waals surface area contributed by atoms with Crippen molar-refractivity contribution >= 4 is 50.3 Å². The van der Waals surface area contributed by atoms with Crippen LogP contribution in [0.3, 0.4) is 0 Å². The predicted octanol–water partition coefficient (Wildman–Crippen LogP) is 3.46. The number of aromatic nitrogens is 3. The first kappa shape index (κ1) is 21.4. The van der Waals surface area contributed by atoms with E-state index in [1.807, 2.05) is 36.8 Å². The molecule has 1 aromatic carbocycles. The number of aliphatic hydroxyl groups excluding tert-OH is 1. The highest BCUT2D eigenvalue weighted by molar-refractivity contribution is 7.98. The summed E-state index contributed by atoms with van der Waals surface area (Å²) in [6.45, 7) is 1.02. The number of thiazole rings is 1. The molecule has 2 aliphatic rings. The summed E-state index contributed by atoms with van der Waals surface area (Å²) in [5.74, 6) is 0.653. The van der Waals surface area contributed by atoms with Gasteiger partial charge in [0.05, 0.1) is 16.3 Å². The van der Waals surface area contributed by atoms with Crippen LogP contribution in [0.1, 0.15) is 36.0 Å². The molecule has 2 aromatic heterocycles. The molecule has 3 atom stereocenters. The summed E-state index contributed by atoms with van der Waals surface area (Å²) >= 11 is 3.21. The van der Waals surface area contributed by atoms with E-state index in [0.29, 0.717) is 43.1 Å². The molecule has 3 aromatic rings. The van der Waals surface area contributed by atoms with Crippen molar-refractivity contribution in [3.63, 3.8) is 0 Å². The van der Waals surface area contributed by atoms with Crippen LogP contribution in [-0.4, -0.2) is 68.4 Å². The van der Waals surface area contributed by atoms with Gasteiger partial charge >= 0.3 is 0 Å². The summed E-state index contributed by atoms with van der Waals surface area (Å²) in [5.41, 5.74) is 1.55. The van der Waals surface area contributed by atoms with Crippen molar-refractivity contribution in [2.24, 2.45) is 0 Å². The summed E-state index contributed by atoms with van der Waals surface area (Å²) in [6.07, 6.45) is 9.02. The van der Waals surface area contributed by atoms with Crippen LogP contribution in [-0.2, 0) is 0 Å². The summed E-state index contributed by atoms with van der Waals surface area (Å²) in [4.78, 5) is 29.0. The summed E-state index contributed by atoms with van der Waals surface area (Å²) in [6, 6.07) is 6.33. The van der Waals surface area contributed by atoms with Crippen LogP contribution >= 0.6 is 23.1 Å². The Balaban J connectivity index is 1.20. The Hall–Kier alpha value is -2.43. The van der Waals surface area contributed by atoms with E-state index in [0.717, 1.165) is 39.5 Å². The maximum Gasteiger partial charge on any atom is 0.253 e. The van der Waals surface area contributed by atoms with Crippen molar-refractivity contribution in [1.29, 1.82) is 0 Å². The van der Waals surface area contributed by atoms with E-state index in [4.69, 9.17) is 4.98 Å². The molecule has 1 saturated heterocycles. The molecule has 0 radical (unpaired) electrons. The van der Waals surface area contributed by atoms with Crippen molar-refractivity contribution in [2.75, 3.05) is 30.0 Å². The van der Waals surface area contributed by atoms with Crippen LogP contribution in [0.5, 0.6) is 0 Å². The average molecular weight is 471 g/mol. The van der Waals surface area contributed by atoms with E-state index >= 15 is 0 Å². The van der Waals surface area contributed by atoms with Gasteiger partial charge < -0.3 is 20.6 Å². The Morgan fingerprint density at radius 2 is 1.97 bits per heavy atom. The molecule has 1 aliphatic carbocycles. The molecule has 2 fully saturated rings. The zero-order chi connectivity index (χ0) is 22.1.